The molecule has 2 amide bonds. The van der Waals surface area contributed by atoms with Gasteiger partial charge >= 0.3 is 24.3 Å². The van der Waals surface area contributed by atoms with Crippen molar-refractivity contribution in [2.24, 2.45) is 0 Å². The smallest absolute Gasteiger partial charge is 0.433 e. The van der Waals surface area contributed by atoms with Gasteiger partial charge in [0, 0.05) is 30.8 Å². The van der Waals surface area contributed by atoms with Gasteiger partial charge in [0.05, 0.1) is 41.9 Å². The van der Waals surface area contributed by atoms with Crippen LogP contribution in [0.3, 0.4) is 0 Å². The van der Waals surface area contributed by atoms with Gasteiger partial charge in [-0.15, -0.1) is 0 Å². The average molecular weight is 831 g/mol. The van der Waals surface area contributed by atoms with Crippen molar-refractivity contribution in [3.05, 3.63) is 82.5 Å². The molecule has 1 spiro atoms. The number of hydrazine groups is 1. The Kier molecular flexibility index (Phi) is 12.6. The largest absolute Gasteiger partial charge is 0.509 e. The number of alkyl halides is 6. The number of nitrogens with one attached hydrogen (secondary N) is 2. The molecule has 1 aromatic heterocycles. The third-order valence-electron chi connectivity index (χ3n) is 9.68. The van der Waals surface area contributed by atoms with Crippen LogP contribution in [0.15, 0.2) is 54.1 Å². The lowest BCUT2D eigenvalue weighted by Crippen LogP contribution is -2.62. The molecule has 58 heavy (non-hydrogen) atoms. The van der Waals surface area contributed by atoms with Crippen molar-refractivity contribution in [1.29, 1.82) is 0 Å². The van der Waals surface area contributed by atoms with Gasteiger partial charge in [-0.2, -0.15) is 30.7 Å². The Bertz CT molecular complexity index is 2110. The van der Waals surface area contributed by atoms with Crippen molar-refractivity contribution in [1.82, 2.24) is 25.3 Å². The molecule has 1 saturated carbocycles. The van der Waals surface area contributed by atoms with Crippen molar-refractivity contribution >= 4 is 29.4 Å². The third-order valence-corrected chi connectivity index (χ3v) is 9.68. The van der Waals surface area contributed by atoms with Gasteiger partial charge in [0.2, 0.25) is 5.82 Å². The summed E-state index contributed by atoms with van der Waals surface area (Å²) < 4.78 is 118. The number of likely N-dealkylation sites (N-methyl/N-ethyl adjacent to an activating group) is 1. The van der Waals surface area contributed by atoms with Gasteiger partial charge in [-0.1, -0.05) is 18.9 Å². The topological polar surface area (TPSA) is 195 Å². The molecule has 2 heterocycles. The zero-order valence-corrected chi connectivity index (χ0v) is 30.2. The lowest BCUT2D eigenvalue weighted by molar-refractivity contribution is -0.163. The molecule has 5 rings (SSSR count). The number of carbonyl (C=O) groups is 4. The summed E-state index contributed by atoms with van der Waals surface area (Å²) in [6.45, 7) is -1.21. The second-order valence-electron chi connectivity index (χ2n) is 13.4. The number of halogens is 8. The lowest BCUT2D eigenvalue weighted by atomic mass is 9.88. The van der Waals surface area contributed by atoms with E-state index in [0.717, 1.165) is 23.2 Å². The molecule has 14 nitrogen and oxygen atoms in total. The minimum absolute atomic E-state index is 0.147. The maximum Gasteiger partial charge on any atom is 0.433 e. The molecule has 312 valence electrons. The number of amides is 2. The summed E-state index contributed by atoms with van der Waals surface area (Å²) in [5.41, 5.74) is -7.42. The van der Waals surface area contributed by atoms with E-state index >= 15 is 8.78 Å². The summed E-state index contributed by atoms with van der Waals surface area (Å²) in [5.74, 6) is -9.42. The van der Waals surface area contributed by atoms with E-state index in [1.807, 2.05) is 0 Å². The monoisotopic (exact) mass is 830 g/mol. The first-order chi connectivity index (χ1) is 27.1. The van der Waals surface area contributed by atoms with Crippen LogP contribution in [0.2, 0.25) is 0 Å². The number of aliphatic carboxylic acids is 2. The molecule has 0 bridgehead atoms. The number of aromatic nitrogens is 2. The molecular weight excluding hydrogens is 796 g/mol. The number of ether oxygens (including phenoxy) is 1. The SMILES string of the molecule is CN1N(Cc2ccc(OCCNC(CC(=O)O)CC(=O)O)c(F)c2F)C(=O)C(C(=O)Nc2ccc(C(F)(F)F)cc2-c2cc(C(F)(F)F)ncn2)=C(O)C12CCCC2. The summed E-state index contributed by atoms with van der Waals surface area (Å²) in [7, 11) is 1.37. The highest BCUT2D eigenvalue weighted by Gasteiger charge is 2.53. The van der Waals surface area contributed by atoms with Crippen molar-refractivity contribution < 1.29 is 74.4 Å². The number of carbonyl (C=O) groups excluding carboxylic acids is 2. The van der Waals surface area contributed by atoms with Gasteiger partial charge in [-0.05, 0) is 43.2 Å². The van der Waals surface area contributed by atoms with Crippen LogP contribution < -0.4 is 15.4 Å². The standard InChI is InChI=1S/C36H34F8N6O8/c1-49-34(8-2-3-9-34)31(55)28(32(56)48-22-6-5-19(35(39,40)41)12-21(22)23-15-25(36(42,43)44)47-17-46-23)33(57)50(49)16-18-4-7-24(30(38)29(18)37)58-11-10-45-20(13-26(51)52)14-27(53)54/h4-7,12,15,17,20,45,55H,2-3,8-11,13-14,16H2,1H3,(H,48,56)(H,51,52)(H,53,54). The highest BCUT2D eigenvalue weighted by atomic mass is 19.4. The second kappa shape index (κ2) is 16.9. The minimum atomic E-state index is -5.02. The summed E-state index contributed by atoms with van der Waals surface area (Å²) in [6.07, 6.45) is -9.30. The quantitative estimate of drug-likeness (QED) is 0.0758. The highest BCUT2D eigenvalue weighted by molar-refractivity contribution is 6.24. The number of benzene rings is 2. The number of aliphatic hydroxyl groups is 1. The maximum atomic E-state index is 15.5. The first-order valence-electron chi connectivity index (χ1n) is 17.3. The van der Waals surface area contributed by atoms with E-state index in [4.69, 9.17) is 14.9 Å². The number of hydrogen-bond donors (Lipinski definition) is 5. The van der Waals surface area contributed by atoms with Crippen LogP contribution >= 0.6 is 0 Å². The number of rotatable bonds is 14. The van der Waals surface area contributed by atoms with Crippen molar-refractivity contribution in [2.75, 3.05) is 25.5 Å². The van der Waals surface area contributed by atoms with Gasteiger partial charge in [-0.3, -0.25) is 24.2 Å². The van der Waals surface area contributed by atoms with Gasteiger partial charge in [0.15, 0.2) is 11.6 Å². The van der Waals surface area contributed by atoms with Crippen molar-refractivity contribution in [3.8, 4) is 17.0 Å². The Morgan fingerprint density at radius 2 is 1.59 bits per heavy atom. The molecule has 1 aliphatic heterocycles. The summed E-state index contributed by atoms with van der Waals surface area (Å²) in [5, 5.41) is 36.5. The Labute approximate surface area is 323 Å². The maximum absolute atomic E-state index is 15.5. The lowest BCUT2D eigenvalue weighted by Gasteiger charge is -2.48. The minimum Gasteiger partial charge on any atom is -0.509 e. The Morgan fingerprint density at radius 3 is 2.19 bits per heavy atom. The van der Waals surface area contributed by atoms with Crippen LogP contribution in [0.25, 0.3) is 11.3 Å². The molecule has 0 atom stereocenters. The van der Waals surface area contributed by atoms with E-state index in [2.05, 4.69) is 20.6 Å². The number of carboxylic acids is 2. The fourth-order valence-electron chi connectivity index (χ4n) is 6.80. The van der Waals surface area contributed by atoms with Gasteiger partial charge in [0.25, 0.3) is 11.8 Å². The fraction of sp³-hybridized carbons (Fsp3) is 0.389. The Morgan fingerprint density at radius 1 is 0.931 bits per heavy atom. The Hall–Kier alpha value is -5.90. The number of anilines is 1. The summed E-state index contributed by atoms with van der Waals surface area (Å²) in [4.78, 5) is 56.7. The molecule has 1 aliphatic carbocycles. The van der Waals surface area contributed by atoms with Crippen molar-refractivity contribution in [2.45, 2.75) is 69.0 Å². The second-order valence-corrected chi connectivity index (χ2v) is 13.4. The van der Waals surface area contributed by atoms with Gasteiger partial charge in [-0.25, -0.2) is 19.4 Å². The fourth-order valence-corrected chi connectivity index (χ4v) is 6.80. The molecule has 2 aliphatic rings. The molecule has 2 aromatic carbocycles. The number of carboxylic acid groups (broad SMARTS) is 2. The molecule has 0 saturated heterocycles. The molecule has 0 unspecified atom stereocenters. The van der Waals surface area contributed by atoms with E-state index in [9.17, 15) is 50.6 Å². The predicted molar refractivity (Wildman–Crippen MR) is 183 cm³/mol. The van der Waals surface area contributed by atoms with Crippen LogP contribution in [0.1, 0.15) is 55.3 Å². The molecule has 0 radical (unpaired) electrons. The van der Waals surface area contributed by atoms with Crippen LogP contribution in [0.5, 0.6) is 5.75 Å². The number of hydrogen-bond acceptors (Lipinski definition) is 10. The number of nitrogens with zero attached hydrogens (tertiary/aromatic N) is 4. The zero-order valence-electron chi connectivity index (χ0n) is 30.2. The molecular formula is C36H34F8N6O8. The third kappa shape index (κ3) is 9.28. The summed E-state index contributed by atoms with van der Waals surface area (Å²) >= 11 is 0. The van der Waals surface area contributed by atoms with Crippen LogP contribution in [0.4, 0.5) is 40.8 Å². The predicted octanol–water partition coefficient (Wildman–Crippen LogP) is 5.70. The molecule has 3 aromatic rings. The summed E-state index contributed by atoms with van der Waals surface area (Å²) in [6, 6.07) is 3.18. The first-order valence-corrected chi connectivity index (χ1v) is 17.3. The van der Waals surface area contributed by atoms with E-state index in [0.29, 0.717) is 37.4 Å². The first kappa shape index (κ1) is 43.2. The Balaban J connectivity index is 1.42. The average Bonchev–Trinajstić information content (AvgIpc) is 3.64. The van der Waals surface area contributed by atoms with E-state index in [1.165, 1.54) is 12.1 Å². The van der Waals surface area contributed by atoms with Crippen LogP contribution in [0, 0.1) is 11.6 Å². The van der Waals surface area contributed by atoms with Gasteiger partial charge in [0.1, 0.15) is 30.0 Å². The van der Waals surface area contributed by atoms with Crippen molar-refractivity contribution in [3.63, 3.8) is 0 Å². The van der Waals surface area contributed by atoms with E-state index in [1.54, 1.807) is 0 Å². The zero-order chi connectivity index (χ0) is 42.7. The normalized spacial score (nSPS) is 16.0. The number of aliphatic hydroxyl groups excluding tert-OH is 1. The highest BCUT2D eigenvalue weighted by Crippen LogP contribution is 2.45. The van der Waals surface area contributed by atoms with Crippen LogP contribution in [-0.4, -0.2) is 90.8 Å². The molecule has 22 heteroatoms. The van der Waals surface area contributed by atoms with E-state index in [-0.39, 0.29) is 26.0 Å². The van der Waals surface area contributed by atoms with Crippen LogP contribution in [-0.2, 0) is 38.1 Å². The van der Waals surface area contributed by atoms with E-state index < -0.39 is 130 Å². The molecule has 5 N–H and O–H groups in total. The van der Waals surface area contributed by atoms with Gasteiger partial charge < -0.3 is 30.7 Å². The molecule has 1 fully saturated rings.